The number of aliphatic carboxylic acids is 1. The van der Waals surface area contributed by atoms with E-state index in [1.54, 1.807) is 0 Å². The van der Waals surface area contributed by atoms with Crippen LogP contribution in [0.25, 0.3) is 0 Å². The van der Waals surface area contributed by atoms with Gasteiger partial charge in [0.1, 0.15) is 18.1 Å². The smallest absolute Gasteiger partial charge is 0.326 e. The molecule has 4 N–H and O–H groups in total. The van der Waals surface area contributed by atoms with Crippen LogP contribution in [0.5, 0.6) is 0 Å². The van der Waals surface area contributed by atoms with E-state index in [4.69, 9.17) is 0 Å². The van der Waals surface area contributed by atoms with E-state index < -0.39 is 35.9 Å². The predicted molar refractivity (Wildman–Crippen MR) is 97.6 cm³/mol. The van der Waals surface area contributed by atoms with Crippen molar-refractivity contribution in [1.82, 2.24) is 16.0 Å². The van der Waals surface area contributed by atoms with Gasteiger partial charge in [0.05, 0.1) is 6.42 Å². The van der Waals surface area contributed by atoms with Crippen molar-refractivity contribution in [2.75, 3.05) is 0 Å². The number of carboxylic acid groups (broad SMARTS) is 1. The molecule has 1 aromatic carbocycles. The number of carbonyl (C=O) groups is 4. The second kappa shape index (κ2) is 9.16. The number of hydrogen-bond acceptors (Lipinski definition) is 4. The molecule has 1 aromatic rings. The topological polar surface area (TPSA) is 125 Å². The largest absolute Gasteiger partial charge is 0.480 e. The van der Waals surface area contributed by atoms with E-state index >= 15 is 0 Å². The van der Waals surface area contributed by atoms with Crippen LogP contribution < -0.4 is 16.0 Å². The lowest BCUT2D eigenvalue weighted by Gasteiger charge is -2.29. The third-order valence-corrected chi connectivity index (χ3v) is 4.28. The van der Waals surface area contributed by atoms with E-state index in [1.165, 1.54) is 0 Å². The van der Waals surface area contributed by atoms with Crippen LogP contribution in [-0.4, -0.2) is 46.9 Å². The van der Waals surface area contributed by atoms with E-state index in [1.807, 2.05) is 44.2 Å². The zero-order valence-electron chi connectivity index (χ0n) is 15.4. The molecule has 1 aliphatic heterocycles. The van der Waals surface area contributed by atoms with Crippen molar-refractivity contribution < 1.29 is 24.3 Å². The SMILES string of the molecule is CC(C)C[C@H](NC(=O)C[C@@H]1NC(=O)[C@H](Cc2ccccc2)NC1=O)C(=O)O. The summed E-state index contributed by atoms with van der Waals surface area (Å²) < 4.78 is 0. The molecular weight excluding hydrogens is 350 g/mol. The van der Waals surface area contributed by atoms with Crippen LogP contribution in [0.1, 0.15) is 32.3 Å². The van der Waals surface area contributed by atoms with Gasteiger partial charge in [0, 0.05) is 6.42 Å². The number of rotatable bonds is 8. The van der Waals surface area contributed by atoms with Gasteiger partial charge in [-0.2, -0.15) is 0 Å². The van der Waals surface area contributed by atoms with Gasteiger partial charge in [0.15, 0.2) is 0 Å². The van der Waals surface area contributed by atoms with Crippen molar-refractivity contribution in [3.63, 3.8) is 0 Å². The van der Waals surface area contributed by atoms with E-state index in [9.17, 15) is 24.3 Å². The van der Waals surface area contributed by atoms with Gasteiger partial charge in [0.25, 0.3) is 0 Å². The lowest BCUT2D eigenvalue weighted by atomic mass is 10.0. The van der Waals surface area contributed by atoms with Crippen LogP contribution in [-0.2, 0) is 25.6 Å². The summed E-state index contributed by atoms with van der Waals surface area (Å²) in [6.07, 6.45) is 0.327. The minimum atomic E-state index is -1.13. The Morgan fingerprint density at radius 2 is 1.67 bits per heavy atom. The summed E-state index contributed by atoms with van der Waals surface area (Å²) in [5.41, 5.74) is 0.909. The van der Waals surface area contributed by atoms with Gasteiger partial charge in [-0.3, -0.25) is 14.4 Å². The second-order valence-electron chi connectivity index (χ2n) is 7.10. The third-order valence-electron chi connectivity index (χ3n) is 4.28. The first-order valence-corrected chi connectivity index (χ1v) is 8.93. The average molecular weight is 375 g/mol. The summed E-state index contributed by atoms with van der Waals surface area (Å²) in [6, 6.07) is 6.54. The van der Waals surface area contributed by atoms with E-state index in [0.717, 1.165) is 5.56 Å². The quantitative estimate of drug-likeness (QED) is 0.517. The van der Waals surface area contributed by atoms with Crippen LogP contribution in [0.4, 0.5) is 0 Å². The van der Waals surface area contributed by atoms with Gasteiger partial charge in [-0.15, -0.1) is 0 Å². The maximum absolute atomic E-state index is 12.3. The lowest BCUT2D eigenvalue weighted by molar-refractivity contribution is -0.143. The molecule has 0 aromatic heterocycles. The van der Waals surface area contributed by atoms with Crippen LogP contribution >= 0.6 is 0 Å². The highest BCUT2D eigenvalue weighted by Gasteiger charge is 2.35. The fraction of sp³-hybridized carbons (Fsp3) is 0.474. The number of benzene rings is 1. The molecule has 2 rings (SSSR count). The van der Waals surface area contributed by atoms with Gasteiger partial charge in [0.2, 0.25) is 17.7 Å². The van der Waals surface area contributed by atoms with Crippen LogP contribution in [0.3, 0.4) is 0 Å². The van der Waals surface area contributed by atoms with Crippen LogP contribution in [0.2, 0.25) is 0 Å². The van der Waals surface area contributed by atoms with E-state index in [-0.39, 0.29) is 24.7 Å². The highest BCUT2D eigenvalue weighted by Crippen LogP contribution is 2.09. The minimum Gasteiger partial charge on any atom is -0.480 e. The van der Waals surface area contributed by atoms with Crippen molar-refractivity contribution in [2.45, 2.75) is 51.2 Å². The molecule has 0 spiro atoms. The number of piperazine rings is 1. The fourth-order valence-electron chi connectivity index (χ4n) is 2.94. The zero-order valence-corrected chi connectivity index (χ0v) is 15.4. The first kappa shape index (κ1) is 20.4. The molecule has 8 nitrogen and oxygen atoms in total. The number of amides is 3. The van der Waals surface area contributed by atoms with Crippen LogP contribution in [0, 0.1) is 5.92 Å². The lowest BCUT2D eigenvalue weighted by Crippen LogP contribution is -2.63. The summed E-state index contributed by atoms with van der Waals surface area (Å²) in [4.78, 5) is 47.9. The number of hydrogen-bond donors (Lipinski definition) is 4. The Labute approximate surface area is 157 Å². The molecule has 8 heteroatoms. The summed E-state index contributed by atoms with van der Waals surface area (Å²) in [5, 5.41) is 16.8. The average Bonchev–Trinajstić information content (AvgIpc) is 2.59. The van der Waals surface area contributed by atoms with Crippen molar-refractivity contribution in [3.8, 4) is 0 Å². The molecule has 1 saturated heterocycles. The standard InChI is InChI=1S/C19H25N3O5/c1-11(2)8-15(19(26)27)20-16(23)10-14-18(25)21-13(17(24)22-14)9-12-6-4-3-5-7-12/h3-7,11,13-15H,8-10H2,1-2H3,(H,20,23)(H,21,25)(H,22,24)(H,26,27)/t13-,14-,15-/m0/s1. The van der Waals surface area contributed by atoms with Gasteiger partial charge in [-0.25, -0.2) is 4.79 Å². The number of carbonyl (C=O) groups excluding carboxylic acids is 3. The molecule has 0 radical (unpaired) electrons. The summed E-state index contributed by atoms with van der Waals surface area (Å²) >= 11 is 0. The Morgan fingerprint density at radius 1 is 1.07 bits per heavy atom. The second-order valence-corrected chi connectivity index (χ2v) is 7.10. The van der Waals surface area contributed by atoms with E-state index in [0.29, 0.717) is 6.42 Å². The van der Waals surface area contributed by atoms with E-state index in [2.05, 4.69) is 16.0 Å². The van der Waals surface area contributed by atoms with Crippen LogP contribution in [0.15, 0.2) is 30.3 Å². The third kappa shape index (κ3) is 6.09. The van der Waals surface area contributed by atoms with Crippen molar-refractivity contribution in [1.29, 1.82) is 0 Å². The molecule has 0 unspecified atom stereocenters. The maximum atomic E-state index is 12.3. The van der Waals surface area contributed by atoms with Crippen molar-refractivity contribution in [3.05, 3.63) is 35.9 Å². The zero-order chi connectivity index (χ0) is 20.0. The fourth-order valence-corrected chi connectivity index (χ4v) is 2.94. The Bertz CT molecular complexity index is 705. The summed E-state index contributed by atoms with van der Waals surface area (Å²) in [6.45, 7) is 3.70. The first-order chi connectivity index (χ1) is 12.8. The number of nitrogens with one attached hydrogen (secondary N) is 3. The predicted octanol–water partition coefficient (Wildman–Crippen LogP) is 0.218. The maximum Gasteiger partial charge on any atom is 0.326 e. The highest BCUT2D eigenvalue weighted by molar-refractivity contribution is 5.99. The van der Waals surface area contributed by atoms with Gasteiger partial charge < -0.3 is 21.1 Å². The molecule has 3 atom stereocenters. The van der Waals surface area contributed by atoms with Crippen molar-refractivity contribution >= 4 is 23.7 Å². The molecule has 27 heavy (non-hydrogen) atoms. The normalized spacial score (nSPS) is 20.6. The minimum absolute atomic E-state index is 0.0860. The Hall–Kier alpha value is -2.90. The molecule has 0 bridgehead atoms. The monoisotopic (exact) mass is 375 g/mol. The molecule has 1 fully saturated rings. The number of carboxylic acids is 1. The molecule has 0 saturated carbocycles. The van der Waals surface area contributed by atoms with Gasteiger partial charge >= 0.3 is 5.97 Å². The van der Waals surface area contributed by atoms with Gasteiger partial charge in [-0.05, 0) is 17.9 Å². The van der Waals surface area contributed by atoms with Gasteiger partial charge in [-0.1, -0.05) is 44.2 Å². The molecule has 1 aliphatic rings. The Kier molecular flexibility index (Phi) is 6.92. The molecule has 146 valence electrons. The summed E-state index contributed by atoms with van der Waals surface area (Å²) in [5.74, 6) is -2.46. The molecular formula is C19H25N3O5. The Morgan fingerprint density at radius 3 is 2.26 bits per heavy atom. The van der Waals surface area contributed by atoms with Crippen molar-refractivity contribution in [2.24, 2.45) is 5.92 Å². The summed E-state index contributed by atoms with van der Waals surface area (Å²) in [7, 11) is 0. The Balaban J connectivity index is 1.91. The molecule has 3 amide bonds. The highest BCUT2D eigenvalue weighted by atomic mass is 16.4. The molecule has 1 heterocycles. The first-order valence-electron chi connectivity index (χ1n) is 8.93. The molecule has 0 aliphatic carbocycles.